The second-order valence-electron chi connectivity index (χ2n) is 11.0. The highest BCUT2D eigenvalue weighted by atomic mass is 16.5. The molecule has 4 heterocycles. The molecule has 2 aliphatic heterocycles. The molecule has 38 heavy (non-hydrogen) atoms. The molecule has 2 aliphatic rings. The van der Waals surface area contributed by atoms with Gasteiger partial charge in [0.2, 0.25) is 0 Å². The van der Waals surface area contributed by atoms with Gasteiger partial charge in [-0.3, -0.25) is 14.7 Å². The molecular formula is C31H40N4O3. The number of aryl methyl sites for hydroxylation is 2. The van der Waals surface area contributed by atoms with Crippen LogP contribution >= 0.6 is 0 Å². The molecule has 1 amide bonds. The van der Waals surface area contributed by atoms with Gasteiger partial charge in [-0.25, -0.2) is 0 Å². The third kappa shape index (κ3) is 6.62. The zero-order valence-corrected chi connectivity index (χ0v) is 22.6. The number of para-hydroxylation sites is 1. The van der Waals surface area contributed by atoms with E-state index in [-0.39, 0.29) is 11.3 Å². The summed E-state index contributed by atoms with van der Waals surface area (Å²) in [4.78, 5) is 22.0. The van der Waals surface area contributed by atoms with E-state index in [1.807, 2.05) is 29.4 Å². The summed E-state index contributed by atoms with van der Waals surface area (Å²) in [5.74, 6) is 1.81. The second kappa shape index (κ2) is 12.6. The second-order valence-corrected chi connectivity index (χ2v) is 11.0. The van der Waals surface area contributed by atoms with Gasteiger partial charge >= 0.3 is 0 Å². The first-order valence-electron chi connectivity index (χ1n) is 14.2. The first-order valence-corrected chi connectivity index (χ1v) is 14.2. The van der Waals surface area contributed by atoms with Crippen LogP contribution in [0, 0.1) is 5.41 Å². The molecule has 1 spiro atoms. The van der Waals surface area contributed by atoms with Crippen LogP contribution in [0.2, 0.25) is 0 Å². The SMILES string of the molecule is CCCc1cc(C(=O)N2CCC3(CCCCc4ccccc4OCCN(Cc4cccnc4)C3)CC2)no1. The number of likely N-dealkylation sites (tertiary alicyclic amines) is 1. The topological polar surface area (TPSA) is 71.7 Å². The van der Waals surface area contributed by atoms with Crippen molar-refractivity contribution in [2.75, 3.05) is 32.8 Å². The standard InChI is InChI=1S/C31H40N4O3/c1-2-8-27-21-28(33-38-27)30(36)35-17-14-31(15-18-35)13-6-5-11-26-10-3-4-12-29(26)37-20-19-34(24-31)23-25-9-7-16-32-22-25/h3-4,7,9-10,12,16,21-22H,2,5-6,8,11,13-15,17-20,23-24H2,1H3. The number of nitrogens with zero attached hydrogens (tertiary/aromatic N) is 4. The zero-order chi connectivity index (χ0) is 26.2. The predicted octanol–water partition coefficient (Wildman–Crippen LogP) is 5.55. The molecule has 5 rings (SSSR count). The number of hydrogen-bond acceptors (Lipinski definition) is 6. The van der Waals surface area contributed by atoms with E-state index >= 15 is 0 Å². The minimum absolute atomic E-state index is 0.00340. The fourth-order valence-corrected chi connectivity index (χ4v) is 6.00. The van der Waals surface area contributed by atoms with Crippen molar-refractivity contribution in [1.82, 2.24) is 19.9 Å². The minimum Gasteiger partial charge on any atom is -0.492 e. The Hall–Kier alpha value is -3.19. The molecule has 7 nitrogen and oxygen atoms in total. The Morgan fingerprint density at radius 1 is 1.05 bits per heavy atom. The number of amides is 1. The summed E-state index contributed by atoms with van der Waals surface area (Å²) in [6.07, 6.45) is 12.1. The van der Waals surface area contributed by atoms with Gasteiger partial charge in [0.05, 0.1) is 0 Å². The molecule has 3 aromatic rings. The van der Waals surface area contributed by atoms with Gasteiger partial charge in [-0.2, -0.15) is 0 Å². The third-order valence-electron chi connectivity index (χ3n) is 8.11. The molecule has 202 valence electrons. The highest BCUT2D eigenvalue weighted by Gasteiger charge is 2.38. The molecule has 1 aromatic carbocycles. The van der Waals surface area contributed by atoms with Crippen LogP contribution in [0.3, 0.4) is 0 Å². The number of aromatic nitrogens is 2. The van der Waals surface area contributed by atoms with Crippen molar-refractivity contribution in [3.63, 3.8) is 0 Å². The Kier molecular flexibility index (Phi) is 8.74. The Balaban J connectivity index is 1.30. The summed E-state index contributed by atoms with van der Waals surface area (Å²) in [6, 6.07) is 14.4. The normalized spacial score (nSPS) is 18.7. The summed E-state index contributed by atoms with van der Waals surface area (Å²) >= 11 is 0. The van der Waals surface area contributed by atoms with E-state index in [9.17, 15) is 4.79 Å². The molecule has 0 N–H and O–H groups in total. The molecule has 0 saturated carbocycles. The smallest absolute Gasteiger partial charge is 0.276 e. The predicted molar refractivity (Wildman–Crippen MR) is 147 cm³/mol. The van der Waals surface area contributed by atoms with Crippen LogP contribution in [0.15, 0.2) is 59.4 Å². The number of piperidine rings is 1. The average molecular weight is 517 g/mol. The van der Waals surface area contributed by atoms with E-state index in [2.05, 4.69) is 52.3 Å². The minimum atomic E-state index is -0.00340. The van der Waals surface area contributed by atoms with Crippen molar-refractivity contribution in [2.24, 2.45) is 5.41 Å². The highest BCUT2D eigenvalue weighted by molar-refractivity contribution is 5.92. The third-order valence-corrected chi connectivity index (χ3v) is 8.11. The van der Waals surface area contributed by atoms with E-state index in [1.165, 1.54) is 24.0 Å². The Morgan fingerprint density at radius 3 is 2.74 bits per heavy atom. The molecule has 2 aromatic heterocycles. The lowest BCUT2D eigenvalue weighted by Crippen LogP contribution is -2.48. The maximum atomic E-state index is 13.2. The largest absolute Gasteiger partial charge is 0.492 e. The maximum absolute atomic E-state index is 13.2. The average Bonchev–Trinajstić information content (AvgIpc) is 3.41. The lowest BCUT2D eigenvalue weighted by atomic mass is 9.73. The van der Waals surface area contributed by atoms with Crippen LogP contribution in [0.25, 0.3) is 0 Å². The number of fused-ring (bicyclic) bond motifs is 1. The van der Waals surface area contributed by atoms with E-state index in [1.54, 1.807) is 0 Å². The molecule has 0 bridgehead atoms. The number of rotatable bonds is 5. The molecule has 7 heteroatoms. The monoisotopic (exact) mass is 516 g/mol. The first-order chi connectivity index (χ1) is 18.6. The van der Waals surface area contributed by atoms with Gasteiger partial charge in [-0.05, 0) is 67.2 Å². The first kappa shape index (κ1) is 26.4. The van der Waals surface area contributed by atoms with E-state index in [4.69, 9.17) is 9.26 Å². The zero-order valence-electron chi connectivity index (χ0n) is 22.6. The van der Waals surface area contributed by atoms with E-state index < -0.39 is 0 Å². The molecule has 1 fully saturated rings. The molecule has 1 saturated heterocycles. The van der Waals surface area contributed by atoms with E-state index in [0.29, 0.717) is 12.3 Å². The Morgan fingerprint density at radius 2 is 1.92 bits per heavy atom. The molecular weight excluding hydrogens is 476 g/mol. The van der Waals surface area contributed by atoms with Gasteiger partial charge in [-0.1, -0.05) is 42.8 Å². The van der Waals surface area contributed by atoms with Gasteiger partial charge < -0.3 is 14.2 Å². The van der Waals surface area contributed by atoms with Crippen molar-refractivity contribution in [1.29, 1.82) is 0 Å². The van der Waals surface area contributed by atoms with Gasteiger partial charge in [0, 0.05) is 57.6 Å². The van der Waals surface area contributed by atoms with Crippen LogP contribution in [0.1, 0.15) is 72.8 Å². The fraction of sp³-hybridized carbons (Fsp3) is 0.516. The summed E-state index contributed by atoms with van der Waals surface area (Å²) < 4.78 is 11.7. The Bertz CT molecular complexity index is 1170. The molecule has 0 atom stereocenters. The lowest BCUT2D eigenvalue weighted by molar-refractivity contribution is 0.0355. The number of ether oxygens (including phenoxy) is 1. The maximum Gasteiger partial charge on any atom is 0.276 e. The number of carbonyl (C=O) groups excluding carboxylic acids is 1. The van der Waals surface area contributed by atoms with E-state index in [0.717, 1.165) is 82.8 Å². The molecule has 0 aliphatic carbocycles. The number of benzene rings is 1. The van der Waals surface area contributed by atoms with Crippen LogP contribution in [-0.2, 0) is 19.4 Å². The van der Waals surface area contributed by atoms with Gasteiger partial charge in [-0.15, -0.1) is 0 Å². The fourth-order valence-electron chi connectivity index (χ4n) is 6.00. The number of pyridine rings is 1. The van der Waals surface area contributed by atoms with Crippen molar-refractivity contribution in [2.45, 2.75) is 64.8 Å². The van der Waals surface area contributed by atoms with Gasteiger partial charge in [0.25, 0.3) is 5.91 Å². The summed E-state index contributed by atoms with van der Waals surface area (Å²) in [5, 5.41) is 4.07. The summed E-state index contributed by atoms with van der Waals surface area (Å²) in [6.45, 7) is 6.97. The number of hydrogen-bond donors (Lipinski definition) is 0. The molecule has 0 unspecified atom stereocenters. The van der Waals surface area contributed by atoms with Crippen molar-refractivity contribution in [3.8, 4) is 5.75 Å². The van der Waals surface area contributed by atoms with Gasteiger partial charge in [0.15, 0.2) is 5.69 Å². The highest BCUT2D eigenvalue weighted by Crippen LogP contribution is 2.39. The summed E-state index contributed by atoms with van der Waals surface area (Å²) in [5.41, 5.74) is 3.14. The van der Waals surface area contributed by atoms with Crippen molar-refractivity contribution < 1.29 is 14.1 Å². The number of carbonyl (C=O) groups is 1. The lowest BCUT2D eigenvalue weighted by Gasteiger charge is -2.45. The van der Waals surface area contributed by atoms with Crippen molar-refractivity contribution >= 4 is 5.91 Å². The van der Waals surface area contributed by atoms with Crippen LogP contribution in [-0.4, -0.2) is 58.6 Å². The van der Waals surface area contributed by atoms with Gasteiger partial charge in [0.1, 0.15) is 18.1 Å². The van der Waals surface area contributed by atoms with Crippen LogP contribution in [0.4, 0.5) is 0 Å². The quantitative estimate of drug-likeness (QED) is 0.443. The van der Waals surface area contributed by atoms with Crippen molar-refractivity contribution in [3.05, 3.63) is 77.4 Å². The Labute approximate surface area is 226 Å². The van der Waals surface area contributed by atoms with Crippen LogP contribution in [0.5, 0.6) is 5.75 Å². The van der Waals surface area contributed by atoms with Crippen LogP contribution < -0.4 is 4.74 Å². The molecule has 0 radical (unpaired) electrons. The summed E-state index contributed by atoms with van der Waals surface area (Å²) in [7, 11) is 0.